The van der Waals surface area contributed by atoms with Crippen molar-refractivity contribution in [2.24, 2.45) is 0 Å². The molecule has 1 aliphatic rings. The number of aryl methyl sites for hydroxylation is 2. The number of hydrogen-bond donors (Lipinski definition) is 2. The van der Waals surface area contributed by atoms with Crippen molar-refractivity contribution in [3.63, 3.8) is 0 Å². The molecule has 2 aromatic carbocycles. The molecule has 0 radical (unpaired) electrons. The molecule has 0 unspecified atom stereocenters. The lowest BCUT2D eigenvalue weighted by Crippen LogP contribution is -2.29. The molecule has 4 aromatic rings. The molecule has 2 atom stereocenters. The second kappa shape index (κ2) is 8.37. The van der Waals surface area contributed by atoms with Crippen LogP contribution in [0.1, 0.15) is 40.3 Å². The van der Waals surface area contributed by atoms with Gasteiger partial charge < -0.3 is 19.9 Å². The average molecular weight is 455 g/mol. The Morgan fingerprint density at radius 3 is 2.36 bits per heavy atom. The van der Waals surface area contributed by atoms with Crippen molar-refractivity contribution in [1.29, 1.82) is 0 Å². The molecule has 0 amide bonds. The van der Waals surface area contributed by atoms with Gasteiger partial charge in [-0.05, 0) is 92.6 Å². The Hall–Kier alpha value is -3.64. The van der Waals surface area contributed by atoms with E-state index in [2.05, 4.69) is 70.9 Å². The van der Waals surface area contributed by atoms with Crippen LogP contribution in [0.3, 0.4) is 0 Å². The minimum atomic E-state index is -0.113. The zero-order valence-corrected chi connectivity index (χ0v) is 19.7. The Morgan fingerprint density at radius 2 is 1.67 bits per heavy atom. The molecule has 1 fully saturated rings. The molecule has 2 aromatic heterocycles. The zero-order chi connectivity index (χ0) is 23.1. The zero-order valence-electron chi connectivity index (χ0n) is 18.9. The molecule has 0 saturated carbocycles. The number of phenolic OH excluding ortho intramolecular Hbond substituents is 1. The van der Waals surface area contributed by atoms with E-state index >= 15 is 0 Å². The third kappa shape index (κ3) is 3.66. The molecule has 33 heavy (non-hydrogen) atoms. The minimum Gasteiger partial charge on any atom is -0.508 e. The quantitative estimate of drug-likeness (QED) is 0.389. The normalized spacial score (nSPS) is 17.9. The first-order valence-electron chi connectivity index (χ1n) is 11.0. The van der Waals surface area contributed by atoms with Gasteiger partial charge >= 0.3 is 0 Å². The highest BCUT2D eigenvalue weighted by molar-refractivity contribution is 7.80. The van der Waals surface area contributed by atoms with Crippen LogP contribution >= 0.6 is 12.2 Å². The van der Waals surface area contributed by atoms with Gasteiger partial charge in [0.1, 0.15) is 5.75 Å². The summed E-state index contributed by atoms with van der Waals surface area (Å²) in [6.07, 6.45) is 1.82. The van der Waals surface area contributed by atoms with Crippen molar-refractivity contribution < 1.29 is 5.11 Å². The Kier molecular flexibility index (Phi) is 5.38. The second-order valence-corrected chi connectivity index (χ2v) is 8.85. The van der Waals surface area contributed by atoms with Gasteiger partial charge in [-0.15, -0.1) is 0 Å². The molecule has 166 valence electrons. The summed E-state index contributed by atoms with van der Waals surface area (Å²) in [4.78, 5) is 6.79. The summed E-state index contributed by atoms with van der Waals surface area (Å²) in [6, 6.07) is 23.6. The number of pyridine rings is 1. The first-order chi connectivity index (χ1) is 16.0. The van der Waals surface area contributed by atoms with Crippen molar-refractivity contribution in [1.82, 2.24) is 14.9 Å². The number of anilines is 1. The topological polar surface area (TPSA) is 53.3 Å². The smallest absolute Gasteiger partial charge is 0.174 e. The fourth-order valence-electron chi connectivity index (χ4n) is 4.83. The molecule has 2 N–H and O–H groups in total. The predicted molar refractivity (Wildman–Crippen MR) is 136 cm³/mol. The Bertz CT molecular complexity index is 1310. The molecular weight excluding hydrogens is 428 g/mol. The van der Waals surface area contributed by atoms with E-state index < -0.39 is 0 Å². The lowest BCUT2D eigenvalue weighted by molar-refractivity contribution is 0.475. The van der Waals surface area contributed by atoms with Gasteiger partial charge in [-0.25, -0.2) is 0 Å². The van der Waals surface area contributed by atoms with E-state index in [4.69, 9.17) is 12.2 Å². The number of para-hydroxylation sites is 1. The van der Waals surface area contributed by atoms with Crippen molar-refractivity contribution in [3.05, 3.63) is 107 Å². The third-order valence-electron chi connectivity index (χ3n) is 6.37. The van der Waals surface area contributed by atoms with Crippen LogP contribution in [0.25, 0.3) is 5.69 Å². The third-order valence-corrected chi connectivity index (χ3v) is 6.69. The summed E-state index contributed by atoms with van der Waals surface area (Å²) in [5, 5.41) is 14.0. The maximum Gasteiger partial charge on any atom is 0.174 e. The van der Waals surface area contributed by atoms with Crippen LogP contribution in [-0.4, -0.2) is 19.8 Å². The number of hydrogen-bond acceptors (Lipinski definition) is 3. The summed E-state index contributed by atoms with van der Waals surface area (Å²) in [5.74, 6) is 0.229. The van der Waals surface area contributed by atoms with Gasteiger partial charge in [0.15, 0.2) is 5.11 Å². The number of nitrogens with one attached hydrogen (secondary N) is 1. The summed E-state index contributed by atoms with van der Waals surface area (Å²) in [5.41, 5.74) is 7.79. The SMILES string of the molecule is Cc1ccccc1-n1c(C)cc([C@@H]2[C@H](c3ccccn3)NC(=S)N2c2ccc(O)cc2)c1C. The van der Waals surface area contributed by atoms with E-state index in [1.54, 1.807) is 12.1 Å². The molecule has 0 aliphatic carbocycles. The van der Waals surface area contributed by atoms with Crippen molar-refractivity contribution in [3.8, 4) is 11.4 Å². The lowest BCUT2D eigenvalue weighted by Gasteiger charge is -2.28. The average Bonchev–Trinajstić information content (AvgIpc) is 3.31. The maximum atomic E-state index is 9.83. The maximum absolute atomic E-state index is 9.83. The first-order valence-corrected chi connectivity index (χ1v) is 11.4. The largest absolute Gasteiger partial charge is 0.508 e. The van der Waals surface area contributed by atoms with Crippen LogP contribution in [0.4, 0.5) is 5.69 Å². The molecule has 6 heteroatoms. The second-order valence-electron chi connectivity index (χ2n) is 8.46. The number of nitrogens with zero attached hydrogens (tertiary/aromatic N) is 3. The van der Waals surface area contributed by atoms with E-state index in [0.717, 1.165) is 11.4 Å². The van der Waals surface area contributed by atoms with E-state index in [9.17, 15) is 5.11 Å². The predicted octanol–water partition coefficient (Wildman–Crippen LogP) is 5.68. The lowest BCUT2D eigenvalue weighted by atomic mass is 9.96. The van der Waals surface area contributed by atoms with Gasteiger partial charge in [-0.1, -0.05) is 24.3 Å². The number of benzene rings is 2. The van der Waals surface area contributed by atoms with Crippen LogP contribution < -0.4 is 10.2 Å². The van der Waals surface area contributed by atoms with Crippen LogP contribution in [0.2, 0.25) is 0 Å². The van der Waals surface area contributed by atoms with Crippen molar-refractivity contribution in [2.75, 3.05) is 4.90 Å². The van der Waals surface area contributed by atoms with E-state index in [1.165, 1.54) is 28.2 Å². The van der Waals surface area contributed by atoms with Crippen LogP contribution in [-0.2, 0) is 0 Å². The molecule has 1 aliphatic heterocycles. The Balaban J connectivity index is 1.69. The molecule has 0 bridgehead atoms. The highest BCUT2D eigenvalue weighted by Crippen LogP contribution is 2.44. The summed E-state index contributed by atoms with van der Waals surface area (Å²) < 4.78 is 2.32. The van der Waals surface area contributed by atoms with Crippen molar-refractivity contribution >= 4 is 23.0 Å². The van der Waals surface area contributed by atoms with Gasteiger partial charge in [0, 0.05) is 29.0 Å². The van der Waals surface area contributed by atoms with Crippen LogP contribution in [0.5, 0.6) is 5.75 Å². The molecule has 1 saturated heterocycles. The monoisotopic (exact) mass is 454 g/mol. The Morgan fingerprint density at radius 1 is 0.939 bits per heavy atom. The van der Waals surface area contributed by atoms with Crippen LogP contribution in [0, 0.1) is 20.8 Å². The number of phenols is 1. The van der Waals surface area contributed by atoms with Gasteiger partial charge in [0.2, 0.25) is 0 Å². The van der Waals surface area contributed by atoms with Crippen molar-refractivity contribution in [2.45, 2.75) is 32.9 Å². The van der Waals surface area contributed by atoms with E-state index in [0.29, 0.717) is 5.11 Å². The molecule has 5 nitrogen and oxygen atoms in total. The summed E-state index contributed by atoms with van der Waals surface area (Å²) in [7, 11) is 0. The summed E-state index contributed by atoms with van der Waals surface area (Å²) >= 11 is 5.82. The molecule has 5 rings (SSSR count). The fourth-order valence-corrected chi connectivity index (χ4v) is 5.18. The number of rotatable bonds is 4. The number of aromatic nitrogens is 2. The number of aromatic hydroxyl groups is 1. The Labute approximate surface area is 199 Å². The van der Waals surface area contributed by atoms with E-state index in [-0.39, 0.29) is 17.8 Å². The van der Waals surface area contributed by atoms with Crippen LogP contribution in [0.15, 0.2) is 79.0 Å². The molecular formula is C27H26N4OS. The van der Waals surface area contributed by atoms with Gasteiger partial charge in [-0.2, -0.15) is 0 Å². The standard InChI is InChI=1S/C27H26N4OS/c1-17-8-4-5-10-24(17)30-18(2)16-22(19(30)3)26-25(23-9-6-7-15-28-23)29-27(33)31(26)20-11-13-21(32)14-12-20/h4-16,25-26,32H,1-3H3,(H,29,33)/t25-,26+/m0/s1. The van der Waals surface area contributed by atoms with Gasteiger partial charge in [0.25, 0.3) is 0 Å². The van der Waals surface area contributed by atoms with Gasteiger partial charge in [-0.3, -0.25) is 4.98 Å². The molecule has 0 spiro atoms. The van der Waals surface area contributed by atoms with Gasteiger partial charge in [0.05, 0.1) is 17.8 Å². The minimum absolute atomic E-state index is 0.0964. The fraction of sp³-hybridized carbons (Fsp3) is 0.185. The summed E-state index contributed by atoms with van der Waals surface area (Å²) in [6.45, 7) is 6.45. The first kappa shape index (κ1) is 21.2. The van der Waals surface area contributed by atoms with E-state index in [1.807, 2.05) is 36.5 Å². The highest BCUT2D eigenvalue weighted by atomic mass is 32.1. The molecule has 3 heterocycles. The highest BCUT2D eigenvalue weighted by Gasteiger charge is 2.42. The number of thiocarbonyl (C=S) groups is 1.